The lowest BCUT2D eigenvalue weighted by Gasteiger charge is -2.07. The van der Waals surface area contributed by atoms with Crippen molar-refractivity contribution in [2.75, 3.05) is 14.2 Å². The van der Waals surface area contributed by atoms with Crippen LogP contribution in [0.3, 0.4) is 0 Å². The first kappa shape index (κ1) is 15.6. The van der Waals surface area contributed by atoms with Crippen LogP contribution in [-0.2, 0) is 18.3 Å². The van der Waals surface area contributed by atoms with Crippen molar-refractivity contribution in [2.24, 2.45) is 12.1 Å². The largest absolute Gasteiger partial charge is 0.493 e. The first-order valence-electron chi connectivity index (χ1n) is 6.78. The van der Waals surface area contributed by atoms with E-state index in [0.717, 1.165) is 11.3 Å². The molecule has 0 aliphatic heterocycles. The molecular formula is C16H19N3O3. The average Bonchev–Trinajstić information content (AvgIpc) is 2.92. The van der Waals surface area contributed by atoms with E-state index in [1.165, 1.54) is 0 Å². The van der Waals surface area contributed by atoms with Gasteiger partial charge in [-0.3, -0.25) is 4.79 Å². The Bertz CT molecular complexity index is 677. The maximum absolute atomic E-state index is 11.8. The number of nitrogens with one attached hydrogen (secondary N) is 1. The van der Waals surface area contributed by atoms with E-state index in [0.29, 0.717) is 11.5 Å². The maximum Gasteiger partial charge on any atom is 0.245 e. The lowest BCUT2D eigenvalue weighted by Crippen LogP contribution is -2.20. The second-order valence-corrected chi connectivity index (χ2v) is 4.69. The highest BCUT2D eigenvalue weighted by atomic mass is 16.5. The van der Waals surface area contributed by atoms with Crippen LogP contribution in [0, 0.1) is 0 Å². The van der Waals surface area contributed by atoms with Crippen molar-refractivity contribution in [1.82, 2.24) is 9.99 Å². The Kier molecular flexibility index (Phi) is 5.19. The van der Waals surface area contributed by atoms with Gasteiger partial charge in [-0.15, -0.1) is 0 Å². The molecule has 0 aliphatic rings. The number of carbonyl (C=O) groups is 1. The molecule has 0 saturated heterocycles. The van der Waals surface area contributed by atoms with Crippen molar-refractivity contribution in [3.05, 3.63) is 47.8 Å². The predicted octanol–water partition coefficient (Wildman–Crippen LogP) is 1.74. The molecule has 1 amide bonds. The van der Waals surface area contributed by atoms with Gasteiger partial charge in [0.1, 0.15) is 0 Å². The standard InChI is InChI=1S/C16H19N3O3/c1-19-8-4-5-13(19)10-16(20)18-17-11-12-6-7-14(21-2)15(9-12)22-3/h4-9,11H,10H2,1-3H3,(H,18,20)/b17-11-. The van der Waals surface area contributed by atoms with Crippen LogP contribution in [0.4, 0.5) is 0 Å². The number of amides is 1. The van der Waals surface area contributed by atoms with Gasteiger partial charge in [0.05, 0.1) is 26.9 Å². The zero-order chi connectivity index (χ0) is 15.9. The van der Waals surface area contributed by atoms with Crippen LogP contribution < -0.4 is 14.9 Å². The van der Waals surface area contributed by atoms with Crippen molar-refractivity contribution in [1.29, 1.82) is 0 Å². The topological polar surface area (TPSA) is 64.8 Å². The zero-order valence-electron chi connectivity index (χ0n) is 12.9. The Morgan fingerprint density at radius 1 is 1.27 bits per heavy atom. The molecule has 1 aromatic heterocycles. The Morgan fingerprint density at radius 3 is 2.68 bits per heavy atom. The number of benzene rings is 1. The van der Waals surface area contributed by atoms with Gasteiger partial charge >= 0.3 is 0 Å². The van der Waals surface area contributed by atoms with Gasteiger partial charge in [-0.1, -0.05) is 0 Å². The molecule has 0 unspecified atom stereocenters. The summed E-state index contributed by atoms with van der Waals surface area (Å²) < 4.78 is 12.3. The molecule has 22 heavy (non-hydrogen) atoms. The molecule has 6 nitrogen and oxygen atoms in total. The highest BCUT2D eigenvalue weighted by Gasteiger charge is 2.05. The molecule has 1 N–H and O–H groups in total. The maximum atomic E-state index is 11.8. The predicted molar refractivity (Wildman–Crippen MR) is 84.4 cm³/mol. The lowest BCUT2D eigenvalue weighted by molar-refractivity contribution is -0.120. The van der Waals surface area contributed by atoms with E-state index >= 15 is 0 Å². The van der Waals surface area contributed by atoms with E-state index in [1.807, 2.05) is 36.0 Å². The minimum Gasteiger partial charge on any atom is -0.493 e. The van der Waals surface area contributed by atoms with Gasteiger partial charge in [-0.05, 0) is 35.9 Å². The SMILES string of the molecule is COc1ccc(/C=N\NC(=O)Cc2cccn2C)cc1OC. The van der Waals surface area contributed by atoms with Crippen molar-refractivity contribution >= 4 is 12.1 Å². The van der Waals surface area contributed by atoms with Crippen LogP contribution in [0.2, 0.25) is 0 Å². The molecule has 0 atom stereocenters. The summed E-state index contributed by atoms with van der Waals surface area (Å²) in [4.78, 5) is 11.8. The van der Waals surface area contributed by atoms with Gasteiger partial charge in [-0.2, -0.15) is 5.10 Å². The minimum absolute atomic E-state index is 0.168. The van der Waals surface area contributed by atoms with Crippen molar-refractivity contribution in [3.8, 4) is 11.5 Å². The molecular weight excluding hydrogens is 282 g/mol. The van der Waals surface area contributed by atoms with Gasteiger partial charge in [0.2, 0.25) is 5.91 Å². The van der Waals surface area contributed by atoms with Gasteiger partial charge < -0.3 is 14.0 Å². The van der Waals surface area contributed by atoms with Gasteiger partial charge in [-0.25, -0.2) is 5.43 Å². The molecule has 0 radical (unpaired) electrons. The minimum atomic E-state index is -0.168. The van der Waals surface area contributed by atoms with Crippen molar-refractivity contribution in [2.45, 2.75) is 6.42 Å². The average molecular weight is 301 g/mol. The number of aromatic nitrogens is 1. The highest BCUT2D eigenvalue weighted by Crippen LogP contribution is 2.26. The fraction of sp³-hybridized carbons (Fsp3) is 0.250. The fourth-order valence-electron chi connectivity index (χ4n) is 2.00. The van der Waals surface area contributed by atoms with E-state index in [4.69, 9.17) is 9.47 Å². The Hall–Kier alpha value is -2.76. The van der Waals surface area contributed by atoms with Crippen LogP contribution in [0.25, 0.3) is 0 Å². The molecule has 2 aromatic rings. The summed E-state index contributed by atoms with van der Waals surface area (Å²) >= 11 is 0. The Morgan fingerprint density at radius 2 is 2.05 bits per heavy atom. The number of hydrazone groups is 1. The van der Waals surface area contributed by atoms with Gasteiger partial charge in [0, 0.05) is 18.9 Å². The summed E-state index contributed by atoms with van der Waals surface area (Å²) in [6.07, 6.45) is 3.74. The normalized spacial score (nSPS) is 10.7. The molecule has 6 heteroatoms. The van der Waals surface area contributed by atoms with E-state index in [2.05, 4.69) is 10.5 Å². The molecule has 0 aliphatic carbocycles. The molecule has 0 saturated carbocycles. The van der Waals surface area contributed by atoms with Crippen LogP contribution in [-0.4, -0.2) is 30.9 Å². The molecule has 1 aromatic carbocycles. The van der Waals surface area contributed by atoms with E-state index in [-0.39, 0.29) is 12.3 Å². The summed E-state index contributed by atoms with van der Waals surface area (Å²) in [5, 5.41) is 3.95. The van der Waals surface area contributed by atoms with Gasteiger partial charge in [0.25, 0.3) is 0 Å². The second-order valence-electron chi connectivity index (χ2n) is 4.69. The Labute approximate surface area is 129 Å². The third kappa shape index (κ3) is 3.88. The lowest BCUT2D eigenvalue weighted by atomic mass is 10.2. The number of rotatable bonds is 6. The van der Waals surface area contributed by atoms with Crippen molar-refractivity contribution < 1.29 is 14.3 Å². The molecule has 0 spiro atoms. The molecule has 2 rings (SSSR count). The van der Waals surface area contributed by atoms with Crippen LogP contribution in [0.5, 0.6) is 11.5 Å². The quantitative estimate of drug-likeness (QED) is 0.653. The van der Waals surface area contributed by atoms with Crippen LogP contribution in [0.15, 0.2) is 41.6 Å². The first-order valence-corrected chi connectivity index (χ1v) is 6.78. The number of ether oxygens (including phenoxy) is 2. The third-order valence-corrected chi connectivity index (χ3v) is 3.20. The van der Waals surface area contributed by atoms with Gasteiger partial charge in [0.15, 0.2) is 11.5 Å². The molecule has 116 valence electrons. The number of methoxy groups -OCH3 is 2. The summed E-state index contributed by atoms with van der Waals surface area (Å²) in [6, 6.07) is 9.19. The monoisotopic (exact) mass is 301 g/mol. The zero-order valence-corrected chi connectivity index (χ0v) is 12.9. The number of nitrogens with zero attached hydrogens (tertiary/aromatic N) is 2. The molecule has 0 fully saturated rings. The van der Waals surface area contributed by atoms with Crippen molar-refractivity contribution in [3.63, 3.8) is 0 Å². The number of hydrogen-bond donors (Lipinski definition) is 1. The van der Waals surface area contributed by atoms with Crippen LogP contribution in [0.1, 0.15) is 11.3 Å². The van der Waals surface area contributed by atoms with Crippen LogP contribution >= 0.6 is 0 Å². The smallest absolute Gasteiger partial charge is 0.245 e. The molecule has 0 bridgehead atoms. The number of aryl methyl sites for hydroxylation is 1. The summed E-state index contributed by atoms with van der Waals surface area (Å²) in [7, 11) is 5.05. The second kappa shape index (κ2) is 7.31. The van der Waals surface area contributed by atoms with E-state index < -0.39 is 0 Å². The third-order valence-electron chi connectivity index (χ3n) is 3.20. The fourth-order valence-corrected chi connectivity index (χ4v) is 2.00. The summed E-state index contributed by atoms with van der Waals surface area (Å²) in [5.41, 5.74) is 4.24. The summed E-state index contributed by atoms with van der Waals surface area (Å²) in [5.74, 6) is 1.09. The number of hydrogen-bond acceptors (Lipinski definition) is 4. The van der Waals surface area contributed by atoms with E-state index in [9.17, 15) is 4.79 Å². The number of carbonyl (C=O) groups excluding carboxylic acids is 1. The summed E-state index contributed by atoms with van der Waals surface area (Å²) in [6.45, 7) is 0. The van der Waals surface area contributed by atoms with E-state index in [1.54, 1.807) is 32.6 Å². The first-order chi connectivity index (χ1) is 10.6. The highest BCUT2D eigenvalue weighted by molar-refractivity contribution is 5.83. The Balaban J connectivity index is 1.94. The molecule has 1 heterocycles.